The minimum atomic E-state index is -0.503. The summed E-state index contributed by atoms with van der Waals surface area (Å²) in [7, 11) is 0. The van der Waals surface area contributed by atoms with Gasteiger partial charge >= 0.3 is 0 Å². The molecule has 1 aliphatic heterocycles. The lowest BCUT2D eigenvalue weighted by atomic mass is 10.0. The fourth-order valence-electron chi connectivity index (χ4n) is 3.06. The minimum absolute atomic E-state index is 0.000270. The summed E-state index contributed by atoms with van der Waals surface area (Å²) in [6.07, 6.45) is 4.40. The largest absolute Gasteiger partial charge is 0.348 e. The zero-order chi connectivity index (χ0) is 19.2. The van der Waals surface area contributed by atoms with E-state index in [1.807, 2.05) is 0 Å². The van der Waals surface area contributed by atoms with Crippen LogP contribution in [0.5, 0.6) is 0 Å². The predicted molar refractivity (Wildman–Crippen MR) is 97.6 cm³/mol. The molecule has 1 aromatic carbocycles. The quantitative estimate of drug-likeness (QED) is 0.739. The fraction of sp³-hybridized carbons (Fsp3) is 0.368. The van der Waals surface area contributed by atoms with Gasteiger partial charge in [-0.15, -0.1) is 0 Å². The molecule has 0 aliphatic carbocycles. The Morgan fingerprint density at radius 2 is 1.81 bits per heavy atom. The Morgan fingerprint density at radius 3 is 2.48 bits per heavy atom. The van der Waals surface area contributed by atoms with Crippen LogP contribution in [0.1, 0.15) is 46.3 Å². The van der Waals surface area contributed by atoms with Crippen molar-refractivity contribution in [2.24, 2.45) is 0 Å². The van der Waals surface area contributed by atoms with Crippen LogP contribution in [0.2, 0.25) is 0 Å². The van der Waals surface area contributed by atoms with Crippen LogP contribution in [0.4, 0.5) is 4.39 Å². The van der Waals surface area contributed by atoms with Crippen molar-refractivity contribution < 1.29 is 14.0 Å². The van der Waals surface area contributed by atoms with E-state index in [0.29, 0.717) is 6.04 Å². The molecule has 1 aliphatic rings. The molecule has 2 aromatic rings. The van der Waals surface area contributed by atoms with Crippen LogP contribution in [-0.4, -0.2) is 40.4 Å². The number of carbonyl (C=O) groups is 2. The molecule has 142 valence electrons. The van der Waals surface area contributed by atoms with Crippen molar-refractivity contribution in [3.63, 3.8) is 0 Å². The lowest BCUT2D eigenvalue weighted by molar-refractivity contribution is 0.0893. The van der Waals surface area contributed by atoms with Gasteiger partial charge in [0.25, 0.3) is 11.8 Å². The van der Waals surface area contributed by atoms with E-state index in [4.69, 9.17) is 0 Å². The maximum atomic E-state index is 13.0. The Hall–Kier alpha value is -2.87. The molecule has 3 rings (SSSR count). The van der Waals surface area contributed by atoms with Gasteiger partial charge in [0, 0.05) is 31.0 Å². The monoisotopic (exact) mass is 371 g/mol. The van der Waals surface area contributed by atoms with Gasteiger partial charge in [-0.05, 0) is 44.0 Å². The summed E-state index contributed by atoms with van der Waals surface area (Å²) in [5, 5.41) is 8.95. The Labute approximate surface area is 156 Å². The molecule has 1 fully saturated rings. The molecule has 0 bridgehead atoms. The van der Waals surface area contributed by atoms with Crippen molar-refractivity contribution in [2.75, 3.05) is 6.54 Å². The van der Waals surface area contributed by atoms with Crippen LogP contribution in [0.25, 0.3) is 0 Å². The van der Waals surface area contributed by atoms with Crippen molar-refractivity contribution in [1.82, 2.24) is 25.9 Å². The summed E-state index contributed by atoms with van der Waals surface area (Å²) >= 11 is 0. The molecule has 0 spiro atoms. The predicted octanol–water partition coefficient (Wildman–Crippen LogP) is 1.42. The maximum Gasteiger partial charge on any atom is 0.272 e. The van der Waals surface area contributed by atoms with Gasteiger partial charge in [0.2, 0.25) is 0 Å². The smallest absolute Gasteiger partial charge is 0.272 e. The van der Waals surface area contributed by atoms with Crippen LogP contribution in [0, 0.1) is 5.82 Å². The van der Waals surface area contributed by atoms with E-state index < -0.39 is 11.8 Å². The molecule has 2 amide bonds. The van der Waals surface area contributed by atoms with Gasteiger partial charge in [-0.25, -0.2) is 14.4 Å². The first kappa shape index (κ1) is 18.9. The highest BCUT2D eigenvalue weighted by molar-refractivity contribution is 6.04. The lowest BCUT2D eigenvalue weighted by Gasteiger charge is -2.28. The molecule has 7 nitrogen and oxygen atoms in total. The van der Waals surface area contributed by atoms with Gasteiger partial charge in [-0.1, -0.05) is 12.1 Å². The molecule has 0 radical (unpaired) electrons. The molecule has 0 saturated carbocycles. The molecule has 1 saturated heterocycles. The number of piperidine rings is 1. The number of amides is 2. The normalized spacial score (nSPS) is 19.3. The average Bonchev–Trinajstić information content (AvgIpc) is 2.67. The third-order valence-corrected chi connectivity index (χ3v) is 4.45. The van der Waals surface area contributed by atoms with E-state index in [2.05, 4.69) is 32.8 Å². The van der Waals surface area contributed by atoms with Gasteiger partial charge in [-0.2, -0.15) is 0 Å². The van der Waals surface area contributed by atoms with Crippen molar-refractivity contribution in [1.29, 1.82) is 0 Å². The second kappa shape index (κ2) is 8.68. The highest BCUT2D eigenvalue weighted by Crippen LogP contribution is 2.10. The first-order valence-electron chi connectivity index (χ1n) is 8.91. The minimum Gasteiger partial charge on any atom is -0.348 e. The molecule has 2 atom stereocenters. The topological polar surface area (TPSA) is 96.0 Å². The lowest BCUT2D eigenvalue weighted by Crippen LogP contribution is -2.47. The first-order chi connectivity index (χ1) is 13.0. The van der Waals surface area contributed by atoms with Gasteiger partial charge in [0.15, 0.2) is 11.4 Å². The molecule has 8 heteroatoms. The maximum absolute atomic E-state index is 13.0. The average molecular weight is 371 g/mol. The molecular weight excluding hydrogens is 349 g/mol. The van der Waals surface area contributed by atoms with E-state index in [0.717, 1.165) is 24.9 Å². The Morgan fingerprint density at radius 1 is 1.15 bits per heavy atom. The van der Waals surface area contributed by atoms with Gasteiger partial charge < -0.3 is 16.0 Å². The third-order valence-electron chi connectivity index (χ3n) is 4.45. The third kappa shape index (κ3) is 5.07. The van der Waals surface area contributed by atoms with E-state index in [9.17, 15) is 14.0 Å². The van der Waals surface area contributed by atoms with Gasteiger partial charge in [0.05, 0.1) is 0 Å². The van der Waals surface area contributed by atoms with Crippen molar-refractivity contribution in [3.8, 4) is 0 Å². The Balaban J connectivity index is 1.66. The van der Waals surface area contributed by atoms with Crippen molar-refractivity contribution in [2.45, 2.75) is 38.4 Å². The summed E-state index contributed by atoms with van der Waals surface area (Å²) < 4.78 is 13.0. The number of aromatic nitrogens is 2. The highest BCUT2D eigenvalue weighted by atomic mass is 19.1. The van der Waals surface area contributed by atoms with Crippen molar-refractivity contribution in [3.05, 3.63) is 59.4 Å². The summed E-state index contributed by atoms with van der Waals surface area (Å²) in [5.41, 5.74) is 0.711. The van der Waals surface area contributed by atoms with Gasteiger partial charge in [0.1, 0.15) is 5.82 Å². The number of benzene rings is 1. The van der Waals surface area contributed by atoms with Crippen LogP contribution in [0.3, 0.4) is 0 Å². The van der Waals surface area contributed by atoms with Crippen molar-refractivity contribution >= 4 is 11.8 Å². The zero-order valence-corrected chi connectivity index (χ0v) is 15.0. The van der Waals surface area contributed by atoms with Crippen LogP contribution in [-0.2, 0) is 6.54 Å². The number of rotatable bonds is 5. The highest BCUT2D eigenvalue weighted by Gasteiger charge is 2.24. The van der Waals surface area contributed by atoms with Crippen LogP contribution < -0.4 is 16.0 Å². The molecular formula is C19H22FN5O2. The zero-order valence-electron chi connectivity index (χ0n) is 15.0. The Bertz CT molecular complexity index is 812. The standard InChI is InChI=1S/C19H22FN5O2/c1-12-10-15(6-7-21-12)25-19(27)17-16(22-8-9-23-17)18(26)24-11-13-2-4-14(20)5-3-13/h2-5,8-9,12,15,21H,6-7,10-11H2,1H3,(H,24,26)(H,25,27). The number of halogens is 1. The summed E-state index contributed by atoms with van der Waals surface area (Å²) in [6.45, 7) is 3.09. The van der Waals surface area contributed by atoms with Crippen LogP contribution in [0.15, 0.2) is 36.7 Å². The molecule has 3 N–H and O–H groups in total. The summed E-state index contributed by atoms with van der Waals surface area (Å²) in [6, 6.07) is 6.16. The van der Waals surface area contributed by atoms with E-state index >= 15 is 0 Å². The second-order valence-corrected chi connectivity index (χ2v) is 6.61. The SMILES string of the molecule is CC1CC(NC(=O)c2nccnc2C(=O)NCc2ccc(F)cc2)CCN1. The molecule has 1 aromatic heterocycles. The number of hydrogen-bond donors (Lipinski definition) is 3. The molecule has 27 heavy (non-hydrogen) atoms. The van der Waals surface area contributed by atoms with E-state index in [-0.39, 0.29) is 29.8 Å². The fourth-order valence-corrected chi connectivity index (χ4v) is 3.06. The first-order valence-corrected chi connectivity index (χ1v) is 8.91. The van der Waals surface area contributed by atoms with E-state index in [1.54, 1.807) is 12.1 Å². The number of carbonyl (C=O) groups excluding carboxylic acids is 2. The molecule has 2 heterocycles. The summed E-state index contributed by atoms with van der Waals surface area (Å²) in [4.78, 5) is 33.2. The summed E-state index contributed by atoms with van der Waals surface area (Å²) in [5.74, 6) is -1.25. The number of hydrogen-bond acceptors (Lipinski definition) is 5. The molecule has 2 unspecified atom stereocenters. The van der Waals surface area contributed by atoms with E-state index in [1.165, 1.54) is 24.5 Å². The van der Waals surface area contributed by atoms with Gasteiger partial charge in [-0.3, -0.25) is 9.59 Å². The second-order valence-electron chi connectivity index (χ2n) is 6.61. The number of nitrogens with one attached hydrogen (secondary N) is 3. The number of nitrogens with zero attached hydrogens (tertiary/aromatic N) is 2. The van der Waals surface area contributed by atoms with Crippen LogP contribution >= 0.6 is 0 Å². The Kier molecular flexibility index (Phi) is 6.08.